The Morgan fingerprint density at radius 3 is 2.36 bits per heavy atom. The summed E-state index contributed by atoms with van der Waals surface area (Å²) in [6.07, 6.45) is 1.01. The maximum absolute atomic E-state index is 13.8. The summed E-state index contributed by atoms with van der Waals surface area (Å²) < 4.78 is 42.1. The molecule has 0 heterocycles. The maximum atomic E-state index is 13.8. The molecule has 0 aromatic heterocycles. The standard InChI is InChI=1S/C18H20FNO4S/c1-12(2)13-4-6-14(7-5-13)24-11-18(21)20-17-10-15(25(3,22)23)8-9-16(17)19/h4-10,12H,11H2,1-3H3,(H,20,21). The molecule has 2 aromatic rings. The number of rotatable bonds is 6. The first-order valence-electron chi connectivity index (χ1n) is 7.69. The monoisotopic (exact) mass is 365 g/mol. The molecule has 5 nitrogen and oxygen atoms in total. The van der Waals surface area contributed by atoms with Crippen molar-refractivity contribution in [3.63, 3.8) is 0 Å². The van der Waals surface area contributed by atoms with E-state index in [1.165, 1.54) is 0 Å². The van der Waals surface area contributed by atoms with Crippen molar-refractivity contribution >= 4 is 21.4 Å². The van der Waals surface area contributed by atoms with E-state index in [0.717, 1.165) is 30.0 Å². The Morgan fingerprint density at radius 1 is 1.16 bits per heavy atom. The molecular formula is C18H20FNO4S. The summed E-state index contributed by atoms with van der Waals surface area (Å²) in [4.78, 5) is 11.8. The smallest absolute Gasteiger partial charge is 0.262 e. The number of benzene rings is 2. The third kappa shape index (κ3) is 5.29. The molecule has 0 radical (unpaired) electrons. The highest BCUT2D eigenvalue weighted by atomic mass is 32.2. The Balaban J connectivity index is 2.00. The van der Waals surface area contributed by atoms with Crippen molar-refractivity contribution in [1.29, 1.82) is 0 Å². The number of hydrogen-bond acceptors (Lipinski definition) is 4. The molecule has 134 valence electrons. The van der Waals surface area contributed by atoms with Crippen LogP contribution >= 0.6 is 0 Å². The number of carbonyl (C=O) groups excluding carboxylic acids is 1. The van der Waals surface area contributed by atoms with Gasteiger partial charge < -0.3 is 10.1 Å². The Morgan fingerprint density at radius 2 is 1.80 bits per heavy atom. The van der Waals surface area contributed by atoms with Crippen LogP contribution in [0.2, 0.25) is 0 Å². The third-order valence-corrected chi connectivity index (χ3v) is 4.67. The van der Waals surface area contributed by atoms with Crippen LogP contribution in [0.25, 0.3) is 0 Å². The van der Waals surface area contributed by atoms with E-state index in [-0.39, 0.29) is 17.2 Å². The van der Waals surface area contributed by atoms with Crippen molar-refractivity contribution in [1.82, 2.24) is 0 Å². The molecular weight excluding hydrogens is 345 g/mol. The van der Waals surface area contributed by atoms with E-state index in [0.29, 0.717) is 11.7 Å². The SMILES string of the molecule is CC(C)c1ccc(OCC(=O)Nc2cc(S(C)(=O)=O)ccc2F)cc1. The molecule has 0 aliphatic carbocycles. The lowest BCUT2D eigenvalue weighted by molar-refractivity contribution is -0.118. The predicted molar refractivity (Wildman–Crippen MR) is 94.2 cm³/mol. The molecule has 0 fully saturated rings. The first-order chi connectivity index (χ1) is 11.7. The van der Waals surface area contributed by atoms with Gasteiger partial charge in [0.25, 0.3) is 5.91 Å². The van der Waals surface area contributed by atoms with Crippen LogP contribution in [0, 0.1) is 5.82 Å². The minimum absolute atomic E-state index is 0.0746. The van der Waals surface area contributed by atoms with Crippen LogP contribution in [0.4, 0.5) is 10.1 Å². The minimum atomic E-state index is -3.49. The van der Waals surface area contributed by atoms with Crippen LogP contribution in [-0.2, 0) is 14.6 Å². The summed E-state index contributed by atoms with van der Waals surface area (Å²) in [7, 11) is -3.49. The number of amides is 1. The zero-order valence-corrected chi connectivity index (χ0v) is 15.1. The van der Waals surface area contributed by atoms with Gasteiger partial charge in [-0.3, -0.25) is 4.79 Å². The summed E-state index contributed by atoms with van der Waals surface area (Å²) in [5.41, 5.74) is 0.947. The van der Waals surface area contributed by atoms with Gasteiger partial charge in [-0.1, -0.05) is 26.0 Å². The molecule has 0 spiro atoms. The zero-order valence-electron chi connectivity index (χ0n) is 14.2. The van der Waals surface area contributed by atoms with E-state index in [2.05, 4.69) is 19.2 Å². The normalized spacial score (nSPS) is 11.4. The topological polar surface area (TPSA) is 72.5 Å². The Labute approximate surface area is 146 Å². The third-order valence-electron chi connectivity index (χ3n) is 3.56. The number of anilines is 1. The number of hydrogen-bond donors (Lipinski definition) is 1. The zero-order chi connectivity index (χ0) is 18.6. The molecule has 0 aliphatic heterocycles. The molecule has 0 unspecified atom stereocenters. The van der Waals surface area contributed by atoms with Gasteiger partial charge in [-0.25, -0.2) is 12.8 Å². The Bertz CT molecular complexity index is 861. The Kier molecular flexibility index (Phi) is 5.79. The molecule has 0 saturated carbocycles. The van der Waals surface area contributed by atoms with Gasteiger partial charge in [-0.2, -0.15) is 0 Å². The molecule has 25 heavy (non-hydrogen) atoms. The first kappa shape index (κ1) is 18.9. The van der Waals surface area contributed by atoms with Crippen molar-refractivity contribution in [3.05, 3.63) is 53.8 Å². The summed E-state index contributed by atoms with van der Waals surface area (Å²) in [5.74, 6) is -0.396. The number of carbonyl (C=O) groups is 1. The highest BCUT2D eigenvalue weighted by molar-refractivity contribution is 7.90. The lowest BCUT2D eigenvalue weighted by Gasteiger charge is -2.10. The van der Waals surface area contributed by atoms with Crippen molar-refractivity contribution in [2.45, 2.75) is 24.7 Å². The second-order valence-corrected chi connectivity index (χ2v) is 7.99. The number of nitrogens with one attached hydrogen (secondary N) is 1. The van der Waals surface area contributed by atoms with Gasteiger partial charge in [0, 0.05) is 6.26 Å². The minimum Gasteiger partial charge on any atom is -0.484 e. The largest absolute Gasteiger partial charge is 0.484 e. The van der Waals surface area contributed by atoms with Crippen molar-refractivity contribution in [2.75, 3.05) is 18.2 Å². The summed E-state index contributed by atoms with van der Waals surface area (Å²) in [5, 5.41) is 2.32. The lowest BCUT2D eigenvalue weighted by atomic mass is 10.0. The van der Waals surface area contributed by atoms with Gasteiger partial charge in [0.1, 0.15) is 11.6 Å². The quantitative estimate of drug-likeness (QED) is 0.797. The van der Waals surface area contributed by atoms with E-state index in [4.69, 9.17) is 4.74 Å². The highest BCUT2D eigenvalue weighted by Gasteiger charge is 2.13. The van der Waals surface area contributed by atoms with Gasteiger partial charge in [-0.05, 0) is 41.8 Å². The average molecular weight is 365 g/mol. The molecule has 7 heteroatoms. The van der Waals surface area contributed by atoms with E-state index in [9.17, 15) is 17.6 Å². The van der Waals surface area contributed by atoms with Gasteiger partial charge in [0.2, 0.25) is 0 Å². The fourth-order valence-corrected chi connectivity index (χ4v) is 2.76. The highest BCUT2D eigenvalue weighted by Crippen LogP contribution is 2.20. The van der Waals surface area contributed by atoms with Gasteiger partial charge in [0.15, 0.2) is 16.4 Å². The maximum Gasteiger partial charge on any atom is 0.262 e. The van der Waals surface area contributed by atoms with E-state index < -0.39 is 21.6 Å². The van der Waals surface area contributed by atoms with E-state index in [1.807, 2.05) is 12.1 Å². The second-order valence-electron chi connectivity index (χ2n) is 5.97. The van der Waals surface area contributed by atoms with Gasteiger partial charge in [-0.15, -0.1) is 0 Å². The van der Waals surface area contributed by atoms with Gasteiger partial charge >= 0.3 is 0 Å². The van der Waals surface area contributed by atoms with Crippen LogP contribution in [0.3, 0.4) is 0 Å². The summed E-state index contributed by atoms with van der Waals surface area (Å²) in [6.45, 7) is 3.83. The summed E-state index contributed by atoms with van der Waals surface area (Å²) >= 11 is 0. The first-order valence-corrected chi connectivity index (χ1v) is 9.58. The van der Waals surface area contributed by atoms with Crippen LogP contribution in [-0.4, -0.2) is 27.2 Å². The lowest BCUT2D eigenvalue weighted by Crippen LogP contribution is -2.21. The van der Waals surface area contributed by atoms with Crippen LogP contribution in [0.1, 0.15) is 25.3 Å². The Hall–Kier alpha value is -2.41. The number of halogens is 1. The molecule has 0 atom stereocenters. The molecule has 0 aliphatic rings. The average Bonchev–Trinajstić information content (AvgIpc) is 2.54. The molecule has 0 saturated heterocycles. The van der Waals surface area contributed by atoms with E-state index >= 15 is 0 Å². The molecule has 1 N–H and O–H groups in total. The van der Waals surface area contributed by atoms with Crippen LogP contribution < -0.4 is 10.1 Å². The fourth-order valence-electron chi connectivity index (χ4n) is 2.11. The molecule has 1 amide bonds. The fraction of sp³-hybridized carbons (Fsp3) is 0.278. The van der Waals surface area contributed by atoms with Crippen LogP contribution in [0.15, 0.2) is 47.4 Å². The van der Waals surface area contributed by atoms with E-state index in [1.54, 1.807) is 12.1 Å². The van der Waals surface area contributed by atoms with Crippen LogP contribution in [0.5, 0.6) is 5.75 Å². The van der Waals surface area contributed by atoms with Crippen molar-refractivity contribution in [3.8, 4) is 5.75 Å². The van der Waals surface area contributed by atoms with Crippen molar-refractivity contribution in [2.24, 2.45) is 0 Å². The van der Waals surface area contributed by atoms with Crippen molar-refractivity contribution < 1.29 is 22.3 Å². The predicted octanol–water partition coefficient (Wildman–Crippen LogP) is 3.37. The molecule has 0 bridgehead atoms. The number of sulfone groups is 1. The number of ether oxygens (including phenoxy) is 1. The molecule has 2 rings (SSSR count). The summed E-state index contributed by atoms with van der Waals surface area (Å²) in [6, 6.07) is 10.6. The molecule has 2 aromatic carbocycles. The second kappa shape index (κ2) is 7.65. The van der Waals surface area contributed by atoms with Gasteiger partial charge in [0.05, 0.1) is 10.6 Å².